The largest absolute Gasteiger partial charge is 0.372 e. The van der Waals surface area contributed by atoms with Gasteiger partial charge < -0.3 is 10.5 Å². The number of fused-ring (bicyclic) bond motifs is 1. The van der Waals surface area contributed by atoms with E-state index in [4.69, 9.17) is 10.5 Å². The van der Waals surface area contributed by atoms with Crippen molar-refractivity contribution < 1.29 is 4.74 Å². The summed E-state index contributed by atoms with van der Waals surface area (Å²) >= 11 is 0. The van der Waals surface area contributed by atoms with Crippen molar-refractivity contribution in [2.24, 2.45) is 5.73 Å². The van der Waals surface area contributed by atoms with Crippen LogP contribution in [0.2, 0.25) is 0 Å². The summed E-state index contributed by atoms with van der Waals surface area (Å²) in [7, 11) is 0. The molecule has 0 amide bonds. The van der Waals surface area contributed by atoms with Gasteiger partial charge in [0.2, 0.25) is 0 Å². The van der Waals surface area contributed by atoms with Gasteiger partial charge >= 0.3 is 0 Å². The summed E-state index contributed by atoms with van der Waals surface area (Å²) < 4.78 is 5.59. The number of benzene rings is 1. The van der Waals surface area contributed by atoms with Crippen molar-refractivity contribution in [3.8, 4) is 0 Å². The minimum absolute atomic E-state index is 0.0260. The molecule has 0 radical (unpaired) electrons. The third-order valence-electron chi connectivity index (χ3n) is 3.12. The maximum atomic E-state index is 6.08. The molecule has 0 spiro atoms. The summed E-state index contributed by atoms with van der Waals surface area (Å²) in [5.41, 5.74) is 11.2. The monoisotopic (exact) mass is 191 g/mol. The Morgan fingerprint density at radius 1 is 1.29 bits per heavy atom. The molecule has 1 aromatic carbocycles. The zero-order valence-electron chi connectivity index (χ0n) is 9.00. The summed E-state index contributed by atoms with van der Waals surface area (Å²) in [4.78, 5) is 0. The third-order valence-corrected chi connectivity index (χ3v) is 3.12. The lowest BCUT2D eigenvalue weighted by atomic mass is 9.91. The van der Waals surface area contributed by atoms with Gasteiger partial charge in [-0.1, -0.05) is 12.1 Å². The van der Waals surface area contributed by atoms with Crippen molar-refractivity contribution in [2.45, 2.75) is 39.5 Å². The van der Waals surface area contributed by atoms with Crippen LogP contribution in [0.25, 0.3) is 0 Å². The number of rotatable bonds is 0. The zero-order chi connectivity index (χ0) is 10.3. The number of aryl methyl sites for hydroxylation is 2. The maximum absolute atomic E-state index is 6.08. The van der Waals surface area contributed by atoms with Gasteiger partial charge in [-0.3, -0.25) is 0 Å². The van der Waals surface area contributed by atoms with Crippen LogP contribution in [0.15, 0.2) is 12.1 Å². The Hall–Kier alpha value is -0.860. The van der Waals surface area contributed by atoms with E-state index in [2.05, 4.69) is 26.0 Å². The van der Waals surface area contributed by atoms with Gasteiger partial charge in [-0.2, -0.15) is 0 Å². The predicted molar refractivity (Wildman–Crippen MR) is 57.1 cm³/mol. The average Bonchev–Trinajstić information content (AvgIpc) is 2.15. The molecule has 2 atom stereocenters. The van der Waals surface area contributed by atoms with Gasteiger partial charge in [0.05, 0.1) is 18.8 Å². The van der Waals surface area contributed by atoms with E-state index in [1.165, 1.54) is 22.3 Å². The van der Waals surface area contributed by atoms with Crippen molar-refractivity contribution in [3.05, 3.63) is 34.4 Å². The molecule has 0 saturated heterocycles. The second-order valence-corrected chi connectivity index (χ2v) is 4.18. The predicted octanol–water partition coefficient (Wildman–Crippen LogP) is 2.22. The Labute approximate surface area is 85.1 Å². The normalized spacial score (nSPS) is 26.0. The molecule has 1 aliphatic rings. The summed E-state index contributed by atoms with van der Waals surface area (Å²) in [6, 6.07) is 4.42. The van der Waals surface area contributed by atoms with Crippen molar-refractivity contribution in [3.63, 3.8) is 0 Å². The summed E-state index contributed by atoms with van der Waals surface area (Å²) in [5.74, 6) is 0. The minimum atomic E-state index is 0.0260. The molecule has 0 unspecified atom stereocenters. The lowest BCUT2D eigenvalue weighted by molar-refractivity contribution is 0.0213. The lowest BCUT2D eigenvalue weighted by Gasteiger charge is -2.29. The summed E-state index contributed by atoms with van der Waals surface area (Å²) in [6.45, 7) is 6.98. The molecule has 1 heterocycles. The van der Waals surface area contributed by atoms with Gasteiger partial charge in [-0.05, 0) is 43.0 Å². The fraction of sp³-hybridized carbons (Fsp3) is 0.500. The van der Waals surface area contributed by atoms with Crippen LogP contribution >= 0.6 is 0 Å². The van der Waals surface area contributed by atoms with Crippen LogP contribution < -0.4 is 5.73 Å². The molecule has 2 N–H and O–H groups in total. The third kappa shape index (κ3) is 1.45. The molecule has 1 aliphatic heterocycles. The average molecular weight is 191 g/mol. The Morgan fingerprint density at radius 3 is 2.64 bits per heavy atom. The van der Waals surface area contributed by atoms with Crippen molar-refractivity contribution in [1.29, 1.82) is 0 Å². The van der Waals surface area contributed by atoms with Gasteiger partial charge in [0.25, 0.3) is 0 Å². The van der Waals surface area contributed by atoms with Crippen LogP contribution in [0.1, 0.15) is 35.2 Å². The zero-order valence-corrected chi connectivity index (χ0v) is 9.00. The molecule has 0 bridgehead atoms. The van der Waals surface area contributed by atoms with E-state index >= 15 is 0 Å². The molecular weight excluding hydrogens is 174 g/mol. The Bertz CT molecular complexity index is 360. The van der Waals surface area contributed by atoms with Crippen LogP contribution in [0, 0.1) is 13.8 Å². The smallest absolute Gasteiger partial charge is 0.0744 e. The molecule has 76 valence electrons. The van der Waals surface area contributed by atoms with Gasteiger partial charge in [0, 0.05) is 0 Å². The molecule has 2 rings (SSSR count). The highest BCUT2D eigenvalue weighted by atomic mass is 16.5. The first-order valence-corrected chi connectivity index (χ1v) is 5.07. The first-order chi connectivity index (χ1) is 6.59. The van der Waals surface area contributed by atoms with Crippen LogP contribution in [0.3, 0.4) is 0 Å². The number of hydrogen-bond donors (Lipinski definition) is 1. The Kier molecular flexibility index (Phi) is 2.33. The second-order valence-electron chi connectivity index (χ2n) is 4.18. The van der Waals surface area contributed by atoms with Crippen LogP contribution in [-0.4, -0.2) is 6.10 Å². The summed E-state index contributed by atoms with van der Waals surface area (Å²) in [6.07, 6.45) is 0.129. The quantitative estimate of drug-likeness (QED) is 0.682. The molecular formula is C12H17NO. The highest BCUT2D eigenvalue weighted by molar-refractivity contribution is 5.39. The van der Waals surface area contributed by atoms with E-state index in [1.807, 2.05) is 6.92 Å². The van der Waals surface area contributed by atoms with E-state index in [0.717, 1.165) is 0 Å². The number of hydrogen-bond acceptors (Lipinski definition) is 2. The van der Waals surface area contributed by atoms with Gasteiger partial charge in [-0.25, -0.2) is 0 Å². The first kappa shape index (κ1) is 9.69. The standard InChI is InChI=1S/C12H17NO/c1-7-4-10-6-14-9(3)12(13)11(10)5-8(7)2/h4-5,9,12H,6,13H2,1-3H3/t9-,12+/m0/s1. The molecule has 0 aliphatic carbocycles. The molecule has 1 aromatic rings. The Morgan fingerprint density at radius 2 is 1.93 bits per heavy atom. The molecule has 2 heteroatoms. The highest BCUT2D eigenvalue weighted by Gasteiger charge is 2.24. The fourth-order valence-electron chi connectivity index (χ4n) is 1.91. The minimum Gasteiger partial charge on any atom is -0.372 e. The SMILES string of the molecule is Cc1cc2c(cc1C)[C@H](N)[C@H](C)OC2. The molecule has 14 heavy (non-hydrogen) atoms. The van der Waals surface area contributed by atoms with E-state index in [0.29, 0.717) is 6.61 Å². The first-order valence-electron chi connectivity index (χ1n) is 5.07. The Balaban J connectivity index is 2.50. The summed E-state index contributed by atoms with van der Waals surface area (Å²) in [5, 5.41) is 0. The highest BCUT2D eigenvalue weighted by Crippen LogP contribution is 2.29. The topological polar surface area (TPSA) is 35.2 Å². The second kappa shape index (κ2) is 3.37. The van der Waals surface area contributed by atoms with E-state index in [1.54, 1.807) is 0 Å². The lowest BCUT2D eigenvalue weighted by Crippen LogP contribution is -2.31. The van der Waals surface area contributed by atoms with Gasteiger partial charge in [0.15, 0.2) is 0 Å². The number of ether oxygens (including phenoxy) is 1. The van der Waals surface area contributed by atoms with Crippen molar-refractivity contribution in [2.75, 3.05) is 0 Å². The molecule has 0 saturated carbocycles. The van der Waals surface area contributed by atoms with Crippen LogP contribution in [-0.2, 0) is 11.3 Å². The van der Waals surface area contributed by atoms with Crippen LogP contribution in [0.5, 0.6) is 0 Å². The van der Waals surface area contributed by atoms with E-state index < -0.39 is 0 Å². The maximum Gasteiger partial charge on any atom is 0.0744 e. The van der Waals surface area contributed by atoms with E-state index in [9.17, 15) is 0 Å². The fourth-order valence-corrected chi connectivity index (χ4v) is 1.91. The van der Waals surface area contributed by atoms with Crippen molar-refractivity contribution in [1.82, 2.24) is 0 Å². The van der Waals surface area contributed by atoms with Crippen LogP contribution in [0.4, 0.5) is 0 Å². The molecule has 2 nitrogen and oxygen atoms in total. The number of nitrogens with two attached hydrogens (primary N) is 1. The van der Waals surface area contributed by atoms with E-state index in [-0.39, 0.29) is 12.1 Å². The molecule has 0 aromatic heterocycles. The molecule has 0 fully saturated rings. The van der Waals surface area contributed by atoms with Gasteiger partial charge in [-0.15, -0.1) is 0 Å². The van der Waals surface area contributed by atoms with Gasteiger partial charge in [0.1, 0.15) is 0 Å². The van der Waals surface area contributed by atoms with Crippen molar-refractivity contribution >= 4 is 0 Å².